The first-order valence-electron chi connectivity index (χ1n) is 26.2. The van der Waals surface area contributed by atoms with Gasteiger partial charge in [0.05, 0.1) is 105 Å². The molecule has 10 rings (SSSR count). The zero-order chi connectivity index (χ0) is 55.3. The van der Waals surface area contributed by atoms with Gasteiger partial charge in [0.2, 0.25) is 0 Å². The van der Waals surface area contributed by atoms with Crippen LogP contribution in [-0.2, 0) is 0 Å². The predicted octanol–water partition coefficient (Wildman–Crippen LogP) is 10.2. The van der Waals surface area contributed by atoms with Gasteiger partial charge in [-0.25, -0.2) is 15.0 Å². The maximum absolute atomic E-state index is 15.2. The molecule has 0 unspecified atom stereocenters. The van der Waals surface area contributed by atoms with Crippen LogP contribution in [0.1, 0.15) is 142 Å². The van der Waals surface area contributed by atoms with Gasteiger partial charge >= 0.3 is 0 Å². The number of pyridine rings is 6. The van der Waals surface area contributed by atoms with Crippen LogP contribution in [0.3, 0.4) is 0 Å². The molecule has 0 saturated heterocycles. The van der Waals surface area contributed by atoms with Gasteiger partial charge in [0, 0.05) is 18.6 Å². The molecule has 0 spiro atoms. The molecule has 10 heterocycles. The van der Waals surface area contributed by atoms with Crippen LogP contribution in [-0.4, -0.2) is 76.3 Å². The Bertz CT molecular complexity index is 3300. The lowest BCUT2D eigenvalue weighted by molar-refractivity contribution is 0.0913. The summed E-state index contributed by atoms with van der Waals surface area (Å²) in [4.78, 5) is 89.3. The van der Waals surface area contributed by atoms with Crippen molar-refractivity contribution in [2.45, 2.75) is 101 Å². The molecule has 3 amide bonds. The highest BCUT2D eigenvalue weighted by Gasteiger charge is 2.37. The largest absolute Gasteiger partial charge is 0.340 e. The summed E-state index contributed by atoms with van der Waals surface area (Å²) in [6.07, 6.45) is 10.6. The number of aromatic nitrogens is 12. The third-order valence-corrected chi connectivity index (χ3v) is 14.3. The number of carbonyl (C=O) groups excluding carboxylic acids is 3. The van der Waals surface area contributed by atoms with Gasteiger partial charge in [0.15, 0.2) is 0 Å². The number of imidazole rings is 3. The third-order valence-electron chi connectivity index (χ3n) is 14.3. The van der Waals surface area contributed by atoms with Gasteiger partial charge in [-0.2, -0.15) is 0 Å². The number of nitrogens with zero attached hydrogens (tertiary/aromatic N) is 12. The number of fused-ring (bicyclic) bond motifs is 6. The van der Waals surface area contributed by atoms with Gasteiger partial charge < -0.3 is 16.0 Å². The Balaban J connectivity index is 1.17. The second-order valence-corrected chi connectivity index (χ2v) is 21.2. The fourth-order valence-electron chi connectivity index (χ4n) is 9.90. The Morgan fingerprint density at radius 3 is 0.769 bits per heavy atom. The molecule has 18 nitrogen and oxygen atoms in total. The summed E-state index contributed by atoms with van der Waals surface area (Å²) in [5.41, 5.74) is 11.0. The molecule has 396 valence electrons. The molecular formula is C60H63N15O3. The van der Waals surface area contributed by atoms with Gasteiger partial charge in [0.25, 0.3) is 17.7 Å². The first-order valence-corrected chi connectivity index (χ1v) is 26.2. The Kier molecular flexibility index (Phi) is 14.2. The van der Waals surface area contributed by atoms with Gasteiger partial charge in [-0.1, -0.05) is 59.7 Å². The van der Waals surface area contributed by atoms with Crippen molar-refractivity contribution in [2.24, 2.45) is 17.8 Å². The van der Waals surface area contributed by atoms with E-state index in [9.17, 15) is 0 Å². The highest BCUT2D eigenvalue weighted by atomic mass is 16.2. The minimum Gasteiger partial charge on any atom is -0.340 e. The summed E-state index contributed by atoms with van der Waals surface area (Å²) in [7, 11) is 0. The first kappa shape index (κ1) is 52.4. The number of aryl methyl sites for hydroxylation is 3. The van der Waals surface area contributed by atoms with Crippen molar-refractivity contribution in [1.82, 2.24) is 74.5 Å². The molecule has 18 heteroatoms. The van der Waals surface area contributed by atoms with Gasteiger partial charge in [-0.05, 0) is 131 Å². The standard InChI is InChI=1S/C60H63N15O3/c1-31(2)49-55-67-53(37(10)73(55)40-16-22-46(64-28-40)43-19-13-34(7)25-61-43)59(77)71-51(33(5)6)57-69-54(39(12)75(57)42-18-24-48(66-30-42)45-21-15-36(9)27-63-45)60(78)72-50(32(3)4)56-68-52(58(76)70-49)38(11)74(56)41-17-23-47(65-29-41)44-20-14-35(8)26-62-44/h13-33,49-51H,1-12H3,(H,70,76)(H,71,77)(H,72,78)/t49-,50-,51-/m0/s1. The normalized spacial score (nSPS) is 16.0. The van der Waals surface area contributed by atoms with Gasteiger partial charge in [0.1, 0.15) is 34.6 Å². The van der Waals surface area contributed by atoms with Crippen molar-refractivity contribution in [1.29, 1.82) is 0 Å². The van der Waals surface area contributed by atoms with Crippen molar-refractivity contribution in [2.75, 3.05) is 0 Å². The van der Waals surface area contributed by atoms with E-state index in [-0.39, 0.29) is 34.8 Å². The average molecular weight is 1040 g/mol. The van der Waals surface area contributed by atoms with Gasteiger partial charge in [-0.3, -0.25) is 58.0 Å². The minimum atomic E-state index is -0.762. The molecule has 0 radical (unpaired) electrons. The van der Waals surface area contributed by atoms with Crippen LogP contribution >= 0.6 is 0 Å². The highest BCUT2D eigenvalue weighted by molar-refractivity contribution is 5.96. The minimum absolute atomic E-state index is 0.129. The Morgan fingerprint density at radius 2 is 0.577 bits per heavy atom. The van der Waals surface area contributed by atoms with E-state index in [0.29, 0.717) is 85.8 Å². The molecule has 0 aromatic carbocycles. The summed E-state index contributed by atoms with van der Waals surface area (Å²) < 4.78 is 5.63. The van der Waals surface area contributed by atoms with E-state index in [1.54, 1.807) is 37.2 Å². The lowest BCUT2D eigenvalue weighted by Crippen LogP contribution is -2.35. The molecular weight excluding hydrogens is 979 g/mol. The molecule has 0 fully saturated rings. The summed E-state index contributed by atoms with van der Waals surface area (Å²) in [6, 6.07) is 20.8. The lowest BCUT2D eigenvalue weighted by atomic mass is 10.0. The molecule has 3 N–H and O–H groups in total. The average Bonchev–Trinajstić information content (AvgIpc) is 4.32. The maximum Gasteiger partial charge on any atom is 0.272 e. The van der Waals surface area contributed by atoms with E-state index in [4.69, 9.17) is 29.9 Å². The molecule has 0 aliphatic carbocycles. The van der Waals surface area contributed by atoms with E-state index < -0.39 is 35.8 Å². The van der Waals surface area contributed by atoms with E-state index >= 15 is 14.4 Å². The van der Waals surface area contributed by atoms with E-state index in [1.807, 2.05) is 170 Å². The monoisotopic (exact) mass is 1040 g/mol. The Labute approximate surface area is 453 Å². The number of hydrogen-bond acceptors (Lipinski definition) is 12. The number of amides is 3. The summed E-state index contributed by atoms with van der Waals surface area (Å²) >= 11 is 0. The molecule has 6 bridgehead atoms. The smallest absolute Gasteiger partial charge is 0.272 e. The van der Waals surface area contributed by atoms with Crippen molar-refractivity contribution >= 4 is 17.7 Å². The molecule has 9 aromatic heterocycles. The molecule has 0 saturated carbocycles. The molecule has 9 aromatic rings. The van der Waals surface area contributed by atoms with E-state index in [1.165, 1.54) is 0 Å². The van der Waals surface area contributed by atoms with Crippen molar-refractivity contribution in [3.8, 4) is 51.2 Å². The molecule has 1 aliphatic rings. The maximum atomic E-state index is 15.2. The first-order chi connectivity index (χ1) is 37.4. The summed E-state index contributed by atoms with van der Waals surface area (Å²) in [5, 5.41) is 9.89. The third kappa shape index (κ3) is 9.96. The number of rotatable bonds is 9. The summed E-state index contributed by atoms with van der Waals surface area (Å²) in [6.45, 7) is 23.3. The van der Waals surface area contributed by atoms with Crippen LogP contribution in [0.15, 0.2) is 110 Å². The quantitative estimate of drug-likeness (QED) is 0.123. The van der Waals surface area contributed by atoms with Crippen LogP contribution in [0.4, 0.5) is 0 Å². The predicted molar refractivity (Wildman–Crippen MR) is 297 cm³/mol. The van der Waals surface area contributed by atoms with E-state index in [2.05, 4.69) is 30.9 Å². The van der Waals surface area contributed by atoms with Crippen LogP contribution in [0.2, 0.25) is 0 Å². The van der Waals surface area contributed by atoms with Crippen LogP contribution in [0.5, 0.6) is 0 Å². The lowest BCUT2D eigenvalue weighted by Gasteiger charge is -2.23. The zero-order valence-corrected chi connectivity index (χ0v) is 45.9. The summed E-state index contributed by atoms with van der Waals surface area (Å²) in [5.74, 6) is -0.976. The van der Waals surface area contributed by atoms with Crippen molar-refractivity contribution < 1.29 is 14.4 Å². The topological polar surface area (TPSA) is 218 Å². The van der Waals surface area contributed by atoms with E-state index in [0.717, 1.165) is 16.7 Å². The number of hydrogen-bond donors (Lipinski definition) is 3. The molecule has 78 heavy (non-hydrogen) atoms. The highest BCUT2D eigenvalue weighted by Crippen LogP contribution is 2.34. The molecule has 3 atom stereocenters. The fourth-order valence-corrected chi connectivity index (χ4v) is 9.90. The fraction of sp³-hybridized carbons (Fsp3) is 0.300. The van der Waals surface area contributed by atoms with Crippen LogP contribution in [0.25, 0.3) is 51.2 Å². The zero-order valence-electron chi connectivity index (χ0n) is 45.9. The van der Waals surface area contributed by atoms with Crippen molar-refractivity contribution in [3.63, 3.8) is 0 Å². The second kappa shape index (κ2) is 21.2. The SMILES string of the molecule is Cc1ccc(-c2ccc(-n3c4nc(c3C)C(=O)N[C@@H](C(C)C)c3nc(c(C)n3-c3ccc(-c5ccc(C)cn5)nc3)C(=O)N[C@@H](C(C)C)c3nc(c(C)n3-c3ccc(-c5ccc(C)cn5)nc3)C(=O)N[C@H]4C(C)C)cn2)nc1. The Hall–Kier alpha value is -9.06. The number of nitrogens with one attached hydrogen (secondary N) is 3. The van der Waals surface area contributed by atoms with Crippen LogP contribution < -0.4 is 16.0 Å². The second-order valence-electron chi connectivity index (χ2n) is 21.2. The van der Waals surface area contributed by atoms with Crippen molar-refractivity contribution in [3.05, 3.63) is 178 Å². The Morgan fingerprint density at radius 1 is 0.346 bits per heavy atom. The van der Waals surface area contributed by atoms with Gasteiger partial charge in [-0.15, -0.1) is 0 Å². The number of carbonyl (C=O) groups is 3. The molecule has 1 aliphatic heterocycles. The van der Waals surface area contributed by atoms with Crippen LogP contribution in [0, 0.1) is 59.3 Å².